The fourth-order valence-corrected chi connectivity index (χ4v) is 3.74. The van der Waals surface area contributed by atoms with Crippen LogP contribution in [0.3, 0.4) is 0 Å². The number of hydrogen-bond donors (Lipinski definition) is 1. The second kappa shape index (κ2) is 6.55. The SMILES string of the molecule is CCCC1CCC(NCc2sccc2C)CC1. The Bertz CT molecular complexity index is 323. The standard InChI is InChI=1S/C15H25NS/c1-3-4-13-5-7-14(8-6-13)16-11-15-12(2)9-10-17-15/h9-10,13-14,16H,3-8,11H2,1-2H3. The predicted molar refractivity (Wildman–Crippen MR) is 76.5 cm³/mol. The third kappa shape index (κ3) is 3.82. The molecule has 0 bridgehead atoms. The van der Waals surface area contributed by atoms with E-state index in [0.29, 0.717) is 0 Å². The summed E-state index contributed by atoms with van der Waals surface area (Å²) in [6.07, 6.45) is 8.45. The molecule has 2 heteroatoms. The van der Waals surface area contributed by atoms with E-state index < -0.39 is 0 Å². The first-order chi connectivity index (χ1) is 8.29. The summed E-state index contributed by atoms with van der Waals surface area (Å²) in [5.41, 5.74) is 1.45. The van der Waals surface area contributed by atoms with E-state index in [9.17, 15) is 0 Å². The highest BCUT2D eigenvalue weighted by atomic mass is 32.1. The van der Waals surface area contributed by atoms with Crippen molar-refractivity contribution in [1.82, 2.24) is 5.32 Å². The van der Waals surface area contributed by atoms with E-state index in [-0.39, 0.29) is 0 Å². The van der Waals surface area contributed by atoms with E-state index in [1.807, 2.05) is 11.3 Å². The minimum Gasteiger partial charge on any atom is -0.309 e. The molecule has 1 heterocycles. The van der Waals surface area contributed by atoms with Gasteiger partial charge in [0.1, 0.15) is 0 Å². The third-order valence-electron chi connectivity index (χ3n) is 4.06. The Kier molecular flexibility index (Phi) is 5.05. The summed E-state index contributed by atoms with van der Waals surface area (Å²) in [5.74, 6) is 1.02. The molecule has 0 atom stereocenters. The molecule has 0 saturated heterocycles. The van der Waals surface area contributed by atoms with E-state index in [1.165, 1.54) is 49.0 Å². The van der Waals surface area contributed by atoms with E-state index in [1.54, 1.807) is 0 Å². The van der Waals surface area contributed by atoms with Gasteiger partial charge < -0.3 is 5.32 Å². The zero-order chi connectivity index (χ0) is 12.1. The van der Waals surface area contributed by atoms with Crippen LogP contribution in [0.5, 0.6) is 0 Å². The lowest BCUT2D eigenvalue weighted by molar-refractivity contribution is 0.278. The molecule has 1 aliphatic carbocycles. The molecule has 1 aromatic rings. The van der Waals surface area contributed by atoms with Gasteiger partial charge >= 0.3 is 0 Å². The average molecular weight is 251 g/mol. The molecule has 0 aliphatic heterocycles. The van der Waals surface area contributed by atoms with E-state index in [2.05, 4.69) is 30.6 Å². The lowest BCUT2D eigenvalue weighted by Gasteiger charge is -2.29. The molecule has 17 heavy (non-hydrogen) atoms. The molecule has 1 aliphatic rings. The van der Waals surface area contributed by atoms with Crippen LogP contribution >= 0.6 is 11.3 Å². The summed E-state index contributed by atoms with van der Waals surface area (Å²) >= 11 is 1.88. The summed E-state index contributed by atoms with van der Waals surface area (Å²) in [7, 11) is 0. The van der Waals surface area contributed by atoms with Crippen LogP contribution in [0.4, 0.5) is 0 Å². The van der Waals surface area contributed by atoms with Crippen molar-refractivity contribution in [1.29, 1.82) is 0 Å². The average Bonchev–Trinajstić information content (AvgIpc) is 2.75. The zero-order valence-electron chi connectivity index (χ0n) is 11.2. The van der Waals surface area contributed by atoms with Crippen LogP contribution in [-0.2, 0) is 6.54 Å². The molecule has 0 amide bonds. The maximum Gasteiger partial charge on any atom is 0.0304 e. The van der Waals surface area contributed by atoms with Gasteiger partial charge in [-0.2, -0.15) is 0 Å². The van der Waals surface area contributed by atoms with Crippen molar-refractivity contribution in [3.8, 4) is 0 Å². The minimum absolute atomic E-state index is 0.768. The number of rotatable bonds is 5. The van der Waals surface area contributed by atoms with Gasteiger partial charge in [-0.1, -0.05) is 19.8 Å². The first-order valence-electron chi connectivity index (χ1n) is 7.06. The lowest BCUT2D eigenvalue weighted by atomic mass is 9.83. The van der Waals surface area contributed by atoms with E-state index in [0.717, 1.165) is 18.5 Å². The summed E-state index contributed by atoms with van der Waals surface area (Å²) in [6.45, 7) is 5.60. The fraction of sp³-hybridized carbons (Fsp3) is 0.733. The van der Waals surface area contributed by atoms with Crippen molar-refractivity contribution in [2.24, 2.45) is 5.92 Å². The molecule has 0 spiro atoms. The predicted octanol–water partition coefficient (Wildman–Crippen LogP) is 4.51. The number of thiophene rings is 1. The fourth-order valence-electron chi connectivity index (χ4n) is 2.89. The molecule has 0 unspecified atom stereocenters. The maximum atomic E-state index is 3.74. The quantitative estimate of drug-likeness (QED) is 0.812. The van der Waals surface area contributed by atoms with Crippen molar-refractivity contribution in [2.45, 2.75) is 65.0 Å². The van der Waals surface area contributed by atoms with Crippen molar-refractivity contribution < 1.29 is 0 Å². The number of hydrogen-bond acceptors (Lipinski definition) is 2. The van der Waals surface area contributed by atoms with Crippen molar-refractivity contribution in [3.63, 3.8) is 0 Å². The molecular weight excluding hydrogens is 226 g/mol. The smallest absolute Gasteiger partial charge is 0.0304 e. The van der Waals surface area contributed by atoms with Crippen molar-refractivity contribution in [2.75, 3.05) is 0 Å². The second-order valence-corrected chi connectivity index (χ2v) is 6.41. The van der Waals surface area contributed by atoms with Crippen LogP contribution in [0.1, 0.15) is 55.9 Å². The first kappa shape index (κ1) is 13.1. The highest BCUT2D eigenvalue weighted by Crippen LogP contribution is 2.28. The lowest BCUT2D eigenvalue weighted by Crippen LogP contribution is -2.32. The number of nitrogens with one attached hydrogen (secondary N) is 1. The van der Waals surface area contributed by atoms with Crippen LogP contribution in [0.25, 0.3) is 0 Å². The summed E-state index contributed by atoms with van der Waals surface area (Å²) < 4.78 is 0. The molecule has 0 aromatic carbocycles. The molecule has 0 radical (unpaired) electrons. The van der Waals surface area contributed by atoms with E-state index >= 15 is 0 Å². The van der Waals surface area contributed by atoms with Gasteiger partial charge in [0.25, 0.3) is 0 Å². The Hall–Kier alpha value is -0.340. The Labute approximate surface area is 110 Å². The molecule has 1 fully saturated rings. The third-order valence-corrected chi connectivity index (χ3v) is 5.09. The monoisotopic (exact) mass is 251 g/mol. The van der Waals surface area contributed by atoms with Gasteiger partial charge in [-0.3, -0.25) is 0 Å². The van der Waals surface area contributed by atoms with Gasteiger partial charge in [0, 0.05) is 17.5 Å². The highest BCUT2D eigenvalue weighted by Gasteiger charge is 2.20. The van der Waals surface area contributed by atoms with Crippen LogP contribution in [0, 0.1) is 12.8 Å². The van der Waals surface area contributed by atoms with Gasteiger partial charge in [-0.25, -0.2) is 0 Å². The van der Waals surface area contributed by atoms with Crippen LogP contribution in [0.15, 0.2) is 11.4 Å². The molecule has 1 nitrogen and oxygen atoms in total. The molecule has 96 valence electrons. The number of aryl methyl sites for hydroxylation is 1. The molecular formula is C15H25NS. The molecule has 1 saturated carbocycles. The highest BCUT2D eigenvalue weighted by molar-refractivity contribution is 7.10. The second-order valence-electron chi connectivity index (χ2n) is 5.41. The van der Waals surface area contributed by atoms with Gasteiger partial charge in [-0.05, 0) is 55.5 Å². The molecule has 2 rings (SSSR count). The minimum atomic E-state index is 0.768. The van der Waals surface area contributed by atoms with Crippen LogP contribution in [0.2, 0.25) is 0 Å². The van der Waals surface area contributed by atoms with Gasteiger partial charge in [0.15, 0.2) is 0 Å². The van der Waals surface area contributed by atoms with Crippen LogP contribution < -0.4 is 5.32 Å². The van der Waals surface area contributed by atoms with Crippen molar-refractivity contribution in [3.05, 3.63) is 21.9 Å². The van der Waals surface area contributed by atoms with Crippen molar-refractivity contribution >= 4 is 11.3 Å². The van der Waals surface area contributed by atoms with E-state index in [4.69, 9.17) is 0 Å². The van der Waals surface area contributed by atoms with Gasteiger partial charge in [-0.15, -0.1) is 11.3 Å². The Morgan fingerprint density at radius 3 is 2.65 bits per heavy atom. The Morgan fingerprint density at radius 1 is 1.29 bits per heavy atom. The Balaban J connectivity index is 1.70. The normalized spacial score (nSPS) is 25.1. The molecule has 1 N–H and O–H groups in total. The van der Waals surface area contributed by atoms with Gasteiger partial charge in [0.2, 0.25) is 0 Å². The first-order valence-corrected chi connectivity index (χ1v) is 7.94. The summed E-state index contributed by atoms with van der Waals surface area (Å²) in [4.78, 5) is 1.51. The zero-order valence-corrected chi connectivity index (χ0v) is 12.0. The summed E-state index contributed by atoms with van der Waals surface area (Å²) in [5, 5.41) is 5.94. The summed E-state index contributed by atoms with van der Waals surface area (Å²) in [6, 6.07) is 2.99. The van der Waals surface area contributed by atoms with Crippen LogP contribution in [-0.4, -0.2) is 6.04 Å². The Morgan fingerprint density at radius 2 is 2.06 bits per heavy atom. The van der Waals surface area contributed by atoms with Gasteiger partial charge in [0.05, 0.1) is 0 Å². The largest absolute Gasteiger partial charge is 0.309 e. The molecule has 1 aromatic heterocycles. The maximum absolute atomic E-state index is 3.74. The topological polar surface area (TPSA) is 12.0 Å².